The van der Waals surface area contributed by atoms with Gasteiger partial charge in [-0.05, 0) is 19.0 Å². The fourth-order valence-corrected chi connectivity index (χ4v) is 1.35. The lowest BCUT2D eigenvalue weighted by molar-refractivity contribution is 0.211. The van der Waals surface area contributed by atoms with Crippen molar-refractivity contribution >= 4 is 0 Å². The number of hydrogen-bond acceptors (Lipinski definition) is 3. The lowest BCUT2D eigenvalue weighted by atomic mass is 10.3. The second kappa shape index (κ2) is 3.70. The Kier molecular flexibility index (Phi) is 2.40. The van der Waals surface area contributed by atoms with Gasteiger partial charge in [-0.25, -0.2) is 0 Å². The van der Waals surface area contributed by atoms with Crippen LogP contribution in [0.3, 0.4) is 0 Å². The summed E-state index contributed by atoms with van der Waals surface area (Å²) in [5, 5.41) is 3.16. The Morgan fingerprint density at radius 1 is 1.54 bits per heavy atom. The van der Waals surface area contributed by atoms with E-state index in [4.69, 9.17) is 4.74 Å². The molecule has 3 nitrogen and oxygen atoms in total. The lowest BCUT2D eigenvalue weighted by Crippen LogP contribution is -2.20. The second-order valence-corrected chi connectivity index (χ2v) is 3.03. The molecule has 1 atom stereocenters. The van der Waals surface area contributed by atoms with Crippen LogP contribution >= 0.6 is 0 Å². The maximum Gasteiger partial charge on any atom is 0.216 e. The minimum absolute atomic E-state index is 0.134. The van der Waals surface area contributed by atoms with Gasteiger partial charge in [-0.3, -0.25) is 0 Å². The smallest absolute Gasteiger partial charge is 0.216 e. The predicted molar refractivity (Wildman–Crippen MR) is 46.1 cm³/mol. The van der Waals surface area contributed by atoms with Crippen molar-refractivity contribution in [3.63, 3.8) is 0 Å². The predicted octanol–water partition coefficient (Wildman–Crippen LogP) is 0.961. The minimum atomic E-state index is -0.497. The largest absolute Gasteiger partial charge is 0.473 e. The third-order valence-corrected chi connectivity index (χ3v) is 1.99. The number of pyridine rings is 1. The molecule has 0 saturated carbocycles. The van der Waals surface area contributed by atoms with E-state index in [0.717, 1.165) is 19.5 Å². The summed E-state index contributed by atoms with van der Waals surface area (Å²) in [6, 6.07) is 4.57. The van der Waals surface area contributed by atoms with Crippen LogP contribution in [0.4, 0.5) is 4.39 Å². The first kappa shape index (κ1) is 8.44. The molecule has 0 aliphatic carbocycles. The van der Waals surface area contributed by atoms with E-state index in [1.807, 2.05) is 0 Å². The highest BCUT2D eigenvalue weighted by atomic mass is 19.1. The molecule has 4 heteroatoms. The fraction of sp³-hybridized carbons (Fsp3) is 0.444. The Hall–Kier alpha value is -1.16. The van der Waals surface area contributed by atoms with E-state index in [0.29, 0.717) is 5.88 Å². The van der Waals surface area contributed by atoms with Crippen LogP contribution in [-0.4, -0.2) is 24.2 Å². The van der Waals surface area contributed by atoms with Gasteiger partial charge in [-0.15, -0.1) is 0 Å². The molecule has 1 N–H and O–H groups in total. The molecule has 70 valence electrons. The number of nitrogens with one attached hydrogen (secondary N) is 1. The quantitative estimate of drug-likeness (QED) is 0.692. The molecule has 0 unspecified atom stereocenters. The molecular formula is C9H11FN2O. The lowest BCUT2D eigenvalue weighted by Gasteiger charge is -2.10. The zero-order valence-corrected chi connectivity index (χ0v) is 7.16. The van der Waals surface area contributed by atoms with Gasteiger partial charge in [0.05, 0.1) is 0 Å². The molecule has 0 radical (unpaired) electrons. The summed E-state index contributed by atoms with van der Waals surface area (Å²) >= 11 is 0. The van der Waals surface area contributed by atoms with Crippen molar-refractivity contribution in [1.29, 1.82) is 0 Å². The summed E-state index contributed by atoms with van der Waals surface area (Å²) in [6.07, 6.45) is 1.09. The zero-order valence-electron chi connectivity index (χ0n) is 7.16. The molecule has 1 aliphatic heterocycles. The molecule has 1 aromatic heterocycles. The van der Waals surface area contributed by atoms with E-state index in [9.17, 15) is 4.39 Å². The van der Waals surface area contributed by atoms with E-state index < -0.39 is 5.95 Å². The van der Waals surface area contributed by atoms with Crippen LogP contribution in [0.15, 0.2) is 18.2 Å². The monoisotopic (exact) mass is 182 g/mol. The third kappa shape index (κ3) is 2.15. The van der Waals surface area contributed by atoms with Gasteiger partial charge < -0.3 is 10.1 Å². The maximum atomic E-state index is 12.6. The van der Waals surface area contributed by atoms with Crippen LogP contribution in [-0.2, 0) is 0 Å². The van der Waals surface area contributed by atoms with E-state index in [1.165, 1.54) is 6.07 Å². The van der Waals surface area contributed by atoms with E-state index in [1.54, 1.807) is 12.1 Å². The Morgan fingerprint density at radius 3 is 3.15 bits per heavy atom. The summed E-state index contributed by atoms with van der Waals surface area (Å²) in [5.41, 5.74) is 0. The van der Waals surface area contributed by atoms with Gasteiger partial charge >= 0.3 is 0 Å². The first-order chi connectivity index (χ1) is 6.34. The summed E-state index contributed by atoms with van der Waals surface area (Å²) < 4.78 is 18.1. The van der Waals surface area contributed by atoms with Gasteiger partial charge in [-0.2, -0.15) is 9.37 Å². The highest BCUT2D eigenvalue weighted by Gasteiger charge is 2.16. The van der Waals surface area contributed by atoms with Crippen LogP contribution in [0.2, 0.25) is 0 Å². The maximum absolute atomic E-state index is 12.6. The van der Waals surface area contributed by atoms with Gasteiger partial charge in [0.2, 0.25) is 11.8 Å². The first-order valence-corrected chi connectivity index (χ1v) is 4.34. The molecule has 0 bridgehead atoms. The summed E-state index contributed by atoms with van der Waals surface area (Å²) in [4.78, 5) is 3.62. The topological polar surface area (TPSA) is 34.1 Å². The van der Waals surface area contributed by atoms with Crippen molar-refractivity contribution in [2.75, 3.05) is 13.1 Å². The average molecular weight is 182 g/mol. The fourth-order valence-electron chi connectivity index (χ4n) is 1.35. The van der Waals surface area contributed by atoms with Crippen LogP contribution in [0.25, 0.3) is 0 Å². The number of aromatic nitrogens is 1. The molecule has 0 spiro atoms. The van der Waals surface area contributed by atoms with Gasteiger partial charge in [0, 0.05) is 12.6 Å². The average Bonchev–Trinajstić information content (AvgIpc) is 2.57. The molecule has 1 fully saturated rings. The van der Waals surface area contributed by atoms with Gasteiger partial charge in [-0.1, -0.05) is 6.07 Å². The number of hydrogen-bond donors (Lipinski definition) is 1. The molecular weight excluding hydrogens is 171 g/mol. The van der Waals surface area contributed by atoms with Gasteiger partial charge in [0.1, 0.15) is 6.10 Å². The van der Waals surface area contributed by atoms with Crippen molar-refractivity contribution in [2.45, 2.75) is 12.5 Å². The van der Waals surface area contributed by atoms with Crippen LogP contribution in [0.1, 0.15) is 6.42 Å². The molecule has 2 rings (SSSR count). The SMILES string of the molecule is Fc1cccc(O[C@@H]2CCNC2)n1. The molecule has 1 aromatic rings. The van der Waals surface area contributed by atoms with Crippen molar-refractivity contribution in [2.24, 2.45) is 0 Å². The molecule has 1 aliphatic rings. The number of halogens is 1. The summed E-state index contributed by atoms with van der Waals surface area (Å²) in [5.74, 6) is -0.128. The first-order valence-electron chi connectivity index (χ1n) is 4.34. The third-order valence-electron chi connectivity index (χ3n) is 1.99. The zero-order chi connectivity index (χ0) is 9.10. The Labute approximate surface area is 75.9 Å². The van der Waals surface area contributed by atoms with Crippen molar-refractivity contribution in [3.8, 4) is 5.88 Å². The normalized spacial score (nSPS) is 21.8. The van der Waals surface area contributed by atoms with Crippen molar-refractivity contribution in [1.82, 2.24) is 10.3 Å². The number of ether oxygens (including phenoxy) is 1. The minimum Gasteiger partial charge on any atom is -0.473 e. The number of rotatable bonds is 2. The summed E-state index contributed by atoms with van der Waals surface area (Å²) in [7, 11) is 0. The van der Waals surface area contributed by atoms with Crippen molar-refractivity contribution < 1.29 is 9.13 Å². The molecule has 0 amide bonds. The van der Waals surface area contributed by atoms with Crippen LogP contribution in [0.5, 0.6) is 5.88 Å². The van der Waals surface area contributed by atoms with E-state index in [-0.39, 0.29) is 6.10 Å². The Bertz CT molecular complexity index is 287. The molecule has 1 saturated heterocycles. The Balaban J connectivity index is 2.00. The molecule has 0 aromatic carbocycles. The molecule has 13 heavy (non-hydrogen) atoms. The highest BCUT2D eigenvalue weighted by molar-refractivity contribution is 5.11. The highest BCUT2D eigenvalue weighted by Crippen LogP contribution is 2.11. The van der Waals surface area contributed by atoms with Crippen molar-refractivity contribution in [3.05, 3.63) is 24.1 Å². The number of nitrogens with zero attached hydrogens (tertiary/aromatic N) is 1. The van der Waals surface area contributed by atoms with Crippen LogP contribution < -0.4 is 10.1 Å². The Morgan fingerprint density at radius 2 is 2.46 bits per heavy atom. The standard InChI is InChI=1S/C9H11FN2O/c10-8-2-1-3-9(12-8)13-7-4-5-11-6-7/h1-3,7,11H,4-6H2/t7-/m1/s1. The summed E-state index contributed by atoms with van der Waals surface area (Å²) in [6.45, 7) is 1.78. The van der Waals surface area contributed by atoms with E-state index in [2.05, 4.69) is 10.3 Å². The van der Waals surface area contributed by atoms with E-state index >= 15 is 0 Å². The van der Waals surface area contributed by atoms with Crippen LogP contribution in [0, 0.1) is 5.95 Å². The van der Waals surface area contributed by atoms with Gasteiger partial charge in [0.25, 0.3) is 0 Å². The second-order valence-electron chi connectivity index (χ2n) is 3.03. The molecule has 2 heterocycles. The van der Waals surface area contributed by atoms with Gasteiger partial charge in [0.15, 0.2) is 0 Å².